The zero-order valence-electron chi connectivity index (χ0n) is 9.62. The van der Waals surface area contributed by atoms with Crippen molar-refractivity contribution in [1.29, 1.82) is 0 Å². The summed E-state index contributed by atoms with van der Waals surface area (Å²) in [5, 5.41) is 74.8. The average Bonchev–Trinajstić information content (AvgIpc) is 2.39. The van der Waals surface area contributed by atoms with Gasteiger partial charge in [-0.15, -0.1) is 0 Å². The second-order valence-corrected chi connectivity index (χ2v) is 4.28. The van der Waals surface area contributed by atoms with Crippen LogP contribution in [0.25, 0.3) is 0 Å². The molecule has 1 aliphatic heterocycles. The molecule has 19 heavy (non-hydrogen) atoms. The number of hydrogen-bond donors (Lipinski definition) is 8. The highest BCUT2D eigenvalue weighted by atomic mass is 16.7. The van der Waals surface area contributed by atoms with Crippen LogP contribution in [0.5, 0.6) is 0 Å². The van der Waals surface area contributed by atoms with Gasteiger partial charge in [0, 0.05) is 0 Å². The molecule has 0 aromatic rings. The third kappa shape index (κ3) is 2.22. The van der Waals surface area contributed by atoms with E-state index in [1.165, 1.54) is 0 Å². The summed E-state index contributed by atoms with van der Waals surface area (Å²) in [5.41, 5.74) is -3.36. The largest absolute Gasteiger partial charge is 0.479 e. The van der Waals surface area contributed by atoms with E-state index in [-0.39, 0.29) is 0 Å². The van der Waals surface area contributed by atoms with E-state index in [1.807, 2.05) is 0 Å². The molecule has 1 fully saturated rings. The molecule has 1 saturated heterocycles. The van der Waals surface area contributed by atoms with Crippen molar-refractivity contribution in [3.63, 3.8) is 0 Å². The van der Waals surface area contributed by atoms with Crippen molar-refractivity contribution in [3.05, 3.63) is 0 Å². The standard InChI is InChI=1S/C9H16O10/c10-1-3-4(12)5(13)6(14)9(18,19-3)8(17,2-11)7(15)16/h3-6,10-14,17-18H,1-2H2,(H,15,16)/t3-,4-,5+,6+,8?,9+/m1/s1. The van der Waals surface area contributed by atoms with Crippen molar-refractivity contribution < 1.29 is 50.4 Å². The first-order valence-corrected chi connectivity index (χ1v) is 5.27. The molecule has 10 nitrogen and oxygen atoms in total. The molecule has 0 aromatic heterocycles. The number of carboxylic acids is 1. The fourth-order valence-electron chi connectivity index (χ4n) is 1.83. The monoisotopic (exact) mass is 284 g/mol. The molecule has 0 saturated carbocycles. The van der Waals surface area contributed by atoms with Crippen LogP contribution in [-0.4, -0.2) is 95.8 Å². The molecule has 0 bridgehead atoms. The molecule has 1 rings (SSSR count). The Balaban J connectivity index is 3.24. The zero-order chi connectivity index (χ0) is 15.0. The Morgan fingerprint density at radius 1 is 1.21 bits per heavy atom. The van der Waals surface area contributed by atoms with Gasteiger partial charge < -0.3 is 45.6 Å². The summed E-state index contributed by atoms with van der Waals surface area (Å²) >= 11 is 0. The van der Waals surface area contributed by atoms with E-state index in [0.717, 1.165) is 0 Å². The number of carbonyl (C=O) groups is 1. The summed E-state index contributed by atoms with van der Waals surface area (Å²) in [7, 11) is 0. The molecular formula is C9H16O10. The first kappa shape index (κ1) is 16.2. The Morgan fingerprint density at radius 3 is 2.11 bits per heavy atom. The van der Waals surface area contributed by atoms with E-state index in [2.05, 4.69) is 4.74 Å². The van der Waals surface area contributed by atoms with Gasteiger partial charge in [-0.1, -0.05) is 0 Å². The molecule has 1 heterocycles. The fraction of sp³-hybridized carbons (Fsp3) is 0.889. The minimum absolute atomic E-state index is 0.936. The van der Waals surface area contributed by atoms with E-state index in [0.29, 0.717) is 0 Å². The van der Waals surface area contributed by atoms with Crippen LogP contribution < -0.4 is 0 Å². The molecule has 10 heteroatoms. The molecule has 0 spiro atoms. The van der Waals surface area contributed by atoms with E-state index >= 15 is 0 Å². The number of aliphatic hydroxyl groups excluding tert-OH is 5. The summed E-state index contributed by atoms with van der Waals surface area (Å²) in [5.74, 6) is -5.45. The molecule has 0 aliphatic carbocycles. The van der Waals surface area contributed by atoms with Crippen LogP contribution in [0.3, 0.4) is 0 Å². The lowest BCUT2D eigenvalue weighted by atomic mass is 9.82. The van der Waals surface area contributed by atoms with Crippen LogP contribution in [0.15, 0.2) is 0 Å². The summed E-state index contributed by atoms with van der Waals surface area (Å²) in [4.78, 5) is 10.9. The number of ether oxygens (including phenoxy) is 1. The van der Waals surface area contributed by atoms with Crippen LogP contribution in [0, 0.1) is 0 Å². The van der Waals surface area contributed by atoms with Crippen molar-refractivity contribution in [3.8, 4) is 0 Å². The topological polar surface area (TPSA) is 188 Å². The van der Waals surface area contributed by atoms with E-state index in [4.69, 9.17) is 15.3 Å². The van der Waals surface area contributed by atoms with Gasteiger partial charge in [0.25, 0.3) is 0 Å². The quantitative estimate of drug-likeness (QED) is 0.248. The summed E-state index contributed by atoms with van der Waals surface area (Å²) in [6, 6.07) is 0. The van der Waals surface area contributed by atoms with Gasteiger partial charge in [-0.05, 0) is 0 Å². The van der Waals surface area contributed by atoms with Gasteiger partial charge in [0.1, 0.15) is 24.4 Å². The van der Waals surface area contributed by atoms with Gasteiger partial charge in [0.05, 0.1) is 13.2 Å². The smallest absolute Gasteiger partial charge is 0.344 e. The molecule has 0 radical (unpaired) electrons. The Morgan fingerprint density at radius 2 is 1.74 bits per heavy atom. The zero-order valence-corrected chi connectivity index (χ0v) is 9.62. The Kier molecular flexibility index (Phi) is 4.49. The predicted octanol–water partition coefficient (Wildman–Crippen LogP) is -5.04. The lowest BCUT2D eigenvalue weighted by Gasteiger charge is -2.49. The maximum Gasteiger partial charge on any atom is 0.344 e. The fourth-order valence-corrected chi connectivity index (χ4v) is 1.83. The van der Waals surface area contributed by atoms with Crippen molar-refractivity contribution in [2.75, 3.05) is 13.2 Å². The molecule has 6 atom stereocenters. The number of aliphatic carboxylic acids is 1. The molecular weight excluding hydrogens is 268 g/mol. The molecule has 1 unspecified atom stereocenters. The highest BCUT2D eigenvalue weighted by molar-refractivity contribution is 5.79. The van der Waals surface area contributed by atoms with Crippen LogP contribution >= 0.6 is 0 Å². The molecule has 8 N–H and O–H groups in total. The maximum atomic E-state index is 10.9. The predicted molar refractivity (Wildman–Crippen MR) is 54.6 cm³/mol. The molecule has 0 aromatic carbocycles. The minimum Gasteiger partial charge on any atom is -0.479 e. The van der Waals surface area contributed by atoms with E-state index in [9.17, 15) is 30.3 Å². The third-order valence-electron chi connectivity index (χ3n) is 3.14. The summed E-state index contributed by atoms with van der Waals surface area (Å²) in [6.07, 6.45) is -8.02. The SMILES string of the molecule is O=C(O)C(O)(CO)[C@@]1(O)O[C@H](CO)[C@@H](O)[C@H](O)[C@@H]1O. The van der Waals surface area contributed by atoms with Crippen molar-refractivity contribution >= 4 is 5.97 Å². The first-order valence-electron chi connectivity index (χ1n) is 5.27. The van der Waals surface area contributed by atoms with Gasteiger partial charge in [-0.2, -0.15) is 0 Å². The minimum atomic E-state index is -3.36. The Hall–Kier alpha value is -0.850. The molecule has 1 aliphatic rings. The summed E-state index contributed by atoms with van der Waals surface area (Å²) < 4.78 is 4.59. The third-order valence-corrected chi connectivity index (χ3v) is 3.14. The number of hydrogen-bond acceptors (Lipinski definition) is 9. The number of aliphatic hydroxyl groups is 7. The Bertz CT molecular complexity index is 346. The number of rotatable bonds is 4. The van der Waals surface area contributed by atoms with Gasteiger partial charge in [0.15, 0.2) is 0 Å². The van der Waals surface area contributed by atoms with Crippen molar-refractivity contribution in [2.24, 2.45) is 0 Å². The van der Waals surface area contributed by atoms with Gasteiger partial charge in [-0.3, -0.25) is 0 Å². The highest BCUT2D eigenvalue weighted by Gasteiger charge is 2.66. The van der Waals surface area contributed by atoms with Crippen molar-refractivity contribution in [1.82, 2.24) is 0 Å². The number of carboxylic acid groups (broad SMARTS) is 1. The highest BCUT2D eigenvalue weighted by Crippen LogP contribution is 2.36. The van der Waals surface area contributed by atoms with Crippen LogP contribution in [0.2, 0.25) is 0 Å². The second-order valence-electron chi connectivity index (χ2n) is 4.28. The summed E-state index contributed by atoms with van der Waals surface area (Å²) in [6.45, 7) is -2.48. The normalized spacial score (nSPS) is 42.7. The Labute approximate surface area is 106 Å². The second kappa shape index (κ2) is 5.26. The van der Waals surface area contributed by atoms with Crippen LogP contribution in [-0.2, 0) is 9.53 Å². The molecule has 0 amide bonds. The van der Waals surface area contributed by atoms with Gasteiger partial charge >= 0.3 is 5.97 Å². The van der Waals surface area contributed by atoms with Gasteiger partial charge in [-0.25, -0.2) is 4.79 Å². The van der Waals surface area contributed by atoms with E-state index in [1.54, 1.807) is 0 Å². The lowest BCUT2D eigenvalue weighted by Crippen LogP contribution is -2.76. The van der Waals surface area contributed by atoms with Crippen LogP contribution in [0.4, 0.5) is 0 Å². The maximum absolute atomic E-state index is 10.9. The van der Waals surface area contributed by atoms with Crippen LogP contribution in [0.1, 0.15) is 0 Å². The average molecular weight is 284 g/mol. The first-order chi connectivity index (χ1) is 8.65. The lowest BCUT2D eigenvalue weighted by molar-refractivity contribution is -0.397. The molecule has 112 valence electrons. The van der Waals surface area contributed by atoms with E-state index < -0.39 is 55.0 Å². The van der Waals surface area contributed by atoms with Gasteiger partial charge in [0.2, 0.25) is 11.4 Å². The van der Waals surface area contributed by atoms with Crippen molar-refractivity contribution in [2.45, 2.75) is 35.8 Å².